The molecule has 0 amide bonds. The fourth-order valence-electron chi connectivity index (χ4n) is 4.97. The number of azo groups is 3. The molecule has 6 aromatic carbocycles. The minimum absolute atomic E-state index is 0. The topological polar surface area (TPSA) is 281 Å². The summed E-state index contributed by atoms with van der Waals surface area (Å²) in [6.45, 7) is 0. The molecule has 54 heavy (non-hydrogen) atoms. The SMILES string of the molecule is Nc1cc([O-])ccc1N=Nc1ccc(-c2ccc(N=Nc3c(S(=O)(=O)O)cc4cc(S(=O)(=O)O)c(N=Nc5ccccc5)c([O-])c4c3N)cc2)cc1.[Na+].[Na+]. The third kappa shape index (κ3) is 9.54. The number of benzene rings is 6. The quantitative estimate of drug-likeness (QED) is 0.0711. The standard InChI is InChI=1S/C34H26N8O8S2.2Na/c35-26-18-25(43)14-15-27(26)40-37-23-10-6-19(7-11-23)20-8-12-24(13-9-20)39-41-32-28(51(45,46)47)16-21-17-29(52(48,49)50)33(34(44)30(21)31(32)36)42-38-22-4-2-1-3-5-22;;/h1-18,43-44H,35-36H2,(H,45,46,47)(H,48,49,50);;/q;2*+1/p-2. The summed E-state index contributed by atoms with van der Waals surface area (Å²) in [5, 5.41) is 48.1. The van der Waals surface area contributed by atoms with E-state index in [-0.39, 0.29) is 87.3 Å². The molecule has 16 nitrogen and oxygen atoms in total. The predicted molar refractivity (Wildman–Crippen MR) is 189 cm³/mol. The molecule has 0 saturated heterocycles. The summed E-state index contributed by atoms with van der Waals surface area (Å²) in [5.74, 6) is -1.34. The van der Waals surface area contributed by atoms with Gasteiger partial charge >= 0.3 is 59.1 Å². The Hall–Kier alpha value is -4.60. The Morgan fingerprint density at radius 3 is 1.50 bits per heavy atom. The number of nitrogen functional groups attached to an aromatic ring is 2. The molecule has 0 unspecified atom stereocenters. The Morgan fingerprint density at radius 2 is 1.00 bits per heavy atom. The van der Waals surface area contributed by atoms with E-state index >= 15 is 0 Å². The molecule has 0 bridgehead atoms. The number of hydrogen-bond acceptors (Lipinski definition) is 14. The molecule has 6 N–H and O–H groups in total. The molecule has 0 aromatic heterocycles. The van der Waals surface area contributed by atoms with Crippen LogP contribution in [0.3, 0.4) is 0 Å². The second kappa shape index (κ2) is 17.2. The fourth-order valence-corrected chi connectivity index (χ4v) is 6.30. The van der Waals surface area contributed by atoms with Gasteiger partial charge in [-0.2, -0.15) is 32.2 Å². The summed E-state index contributed by atoms with van der Waals surface area (Å²) in [6, 6.07) is 27.2. The molecule has 0 heterocycles. The fraction of sp³-hybridized carbons (Fsp3) is 0. The van der Waals surface area contributed by atoms with Crippen molar-refractivity contribution in [2.75, 3.05) is 11.5 Å². The first-order chi connectivity index (χ1) is 24.7. The average Bonchev–Trinajstić information content (AvgIpc) is 3.10. The maximum atomic E-state index is 13.6. The van der Waals surface area contributed by atoms with Crippen molar-refractivity contribution >= 4 is 76.5 Å². The maximum absolute atomic E-state index is 13.6. The van der Waals surface area contributed by atoms with E-state index in [1.165, 1.54) is 30.3 Å². The third-order valence-electron chi connectivity index (χ3n) is 7.48. The first-order valence-corrected chi connectivity index (χ1v) is 17.7. The number of anilines is 2. The Kier molecular flexibility index (Phi) is 13.5. The molecule has 20 heteroatoms. The summed E-state index contributed by atoms with van der Waals surface area (Å²) >= 11 is 0. The summed E-state index contributed by atoms with van der Waals surface area (Å²) in [4.78, 5) is -1.84. The van der Waals surface area contributed by atoms with Gasteiger partial charge in [-0.25, -0.2) is 0 Å². The molecule has 6 rings (SSSR count). The van der Waals surface area contributed by atoms with Gasteiger partial charge in [0.2, 0.25) is 0 Å². The molecule has 262 valence electrons. The second-order valence-electron chi connectivity index (χ2n) is 11.0. The van der Waals surface area contributed by atoms with E-state index in [4.69, 9.17) is 11.5 Å². The molecule has 0 aliphatic carbocycles. The van der Waals surface area contributed by atoms with Crippen LogP contribution in [0.15, 0.2) is 150 Å². The number of rotatable bonds is 9. The van der Waals surface area contributed by atoms with Gasteiger partial charge in [-0.05, 0) is 77.2 Å². The van der Waals surface area contributed by atoms with Crippen LogP contribution in [-0.2, 0) is 20.2 Å². The maximum Gasteiger partial charge on any atom is 1.00 e. The van der Waals surface area contributed by atoms with Crippen LogP contribution in [0.4, 0.5) is 45.5 Å². The number of nitrogens with zero attached hydrogens (tertiary/aromatic N) is 6. The van der Waals surface area contributed by atoms with E-state index in [9.17, 15) is 36.2 Å². The van der Waals surface area contributed by atoms with Crippen molar-refractivity contribution in [1.82, 2.24) is 0 Å². The van der Waals surface area contributed by atoms with Crippen LogP contribution in [0, 0.1) is 0 Å². The molecule has 0 radical (unpaired) electrons. The predicted octanol–water partition coefficient (Wildman–Crippen LogP) is 1.57. The van der Waals surface area contributed by atoms with E-state index in [2.05, 4.69) is 30.7 Å². The zero-order valence-electron chi connectivity index (χ0n) is 28.4. The molecular weight excluding hydrogens is 759 g/mol. The van der Waals surface area contributed by atoms with Crippen LogP contribution in [0.25, 0.3) is 21.9 Å². The van der Waals surface area contributed by atoms with Crippen molar-refractivity contribution in [1.29, 1.82) is 0 Å². The second-order valence-corrected chi connectivity index (χ2v) is 13.8. The molecule has 0 aliphatic heterocycles. The third-order valence-corrected chi connectivity index (χ3v) is 9.21. The van der Waals surface area contributed by atoms with Crippen molar-refractivity contribution in [2.24, 2.45) is 30.7 Å². The van der Waals surface area contributed by atoms with Gasteiger partial charge in [-0.3, -0.25) is 9.11 Å². The Bertz CT molecular complexity index is 2660. The van der Waals surface area contributed by atoms with Gasteiger partial charge < -0.3 is 21.7 Å². The van der Waals surface area contributed by atoms with Gasteiger partial charge in [0.05, 0.1) is 34.1 Å². The monoisotopic (exact) mass is 782 g/mol. The largest absolute Gasteiger partial charge is 1.00 e. The minimum atomic E-state index is -5.08. The van der Waals surface area contributed by atoms with Crippen molar-refractivity contribution < 1.29 is 95.3 Å². The molecule has 0 fully saturated rings. The summed E-state index contributed by atoms with van der Waals surface area (Å²) in [7, 11) is -10.1. The molecule has 0 saturated carbocycles. The molecule has 6 aromatic rings. The first-order valence-electron chi connectivity index (χ1n) is 14.8. The smallest absolute Gasteiger partial charge is 0.872 e. The van der Waals surface area contributed by atoms with E-state index in [1.54, 1.807) is 66.7 Å². The van der Waals surface area contributed by atoms with Crippen LogP contribution >= 0.6 is 0 Å². The Morgan fingerprint density at radius 1 is 0.537 bits per heavy atom. The van der Waals surface area contributed by atoms with Gasteiger partial charge in [0, 0.05) is 5.39 Å². The van der Waals surface area contributed by atoms with Gasteiger partial charge in [-0.15, -0.1) is 21.1 Å². The van der Waals surface area contributed by atoms with Crippen LogP contribution in [-0.4, -0.2) is 25.9 Å². The van der Waals surface area contributed by atoms with Crippen molar-refractivity contribution in [3.63, 3.8) is 0 Å². The van der Waals surface area contributed by atoms with Gasteiger partial charge in [0.1, 0.15) is 21.2 Å². The number of fused-ring (bicyclic) bond motifs is 1. The summed E-state index contributed by atoms with van der Waals surface area (Å²) < 4.78 is 69.2. The van der Waals surface area contributed by atoms with Gasteiger partial charge in [-0.1, -0.05) is 54.3 Å². The van der Waals surface area contributed by atoms with Crippen molar-refractivity contribution in [3.8, 4) is 22.6 Å². The molecule has 0 aliphatic rings. The van der Waals surface area contributed by atoms with Crippen LogP contribution in [0.1, 0.15) is 0 Å². The average molecular weight is 783 g/mol. The Balaban J connectivity index is 0.00000325. The number of nitrogens with two attached hydrogens (primary N) is 2. The van der Waals surface area contributed by atoms with Crippen LogP contribution in [0.5, 0.6) is 11.5 Å². The van der Waals surface area contributed by atoms with Gasteiger partial charge in [0.25, 0.3) is 20.2 Å². The molecule has 0 spiro atoms. The zero-order chi connectivity index (χ0) is 37.2. The molecular formula is C34H24N8Na2O8S2. The van der Waals surface area contributed by atoms with Crippen molar-refractivity contribution in [2.45, 2.75) is 9.79 Å². The van der Waals surface area contributed by atoms with Crippen LogP contribution in [0.2, 0.25) is 0 Å². The molecule has 0 atom stereocenters. The van der Waals surface area contributed by atoms with E-state index in [0.717, 1.165) is 23.3 Å². The van der Waals surface area contributed by atoms with Crippen LogP contribution < -0.4 is 80.8 Å². The van der Waals surface area contributed by atoms with Crippen molar-refractivity contribution in [3.05, 3.63) is 109 Å². The van der Waals surface area contributed by atoms with E-state index in [1.807, 2.05) is 0 Å². The summed E-state index contributed by atoms with van der Waals surface area (Å²) in [5.41, 5.74) is 13.3. The van der Waals surface area contributed by atoms with E-state index < -0.39 is 58.2 Å². The van der Waals surface area contributed by atoms with E-state index in [0.29, 0.717) is 11.4 Å². The normalized spacial score (nSPS) is 12.0. The zero-order valence-corrected chi connectivity index (χ0v) is 34.0. The summed E-state index contributed by atoms with van der Waals surface area (Å²) in [6.07, 6.45) is 0. The van der Waals surface area contributed by atoms with Gasteiger partial charge in [0.15, 0.2) is 0 Å². The Labute approximate surface area is 352 Å². The minimum Gasteiger partial charge on any atom is -0.872 e. The first kappa shape index (κ1) is 42.1. The number of hydrogen-bond donors (Lipinski definition) is 4.